The molecule has 2 heterocycles. The van der Waals surface area contributed by atoms with Gasteiger partial charge in [0.1, 0.15) is 6.54 Å². The number of rotatable bonds is 3. The van der Waals surface area contributed by atoms with E-state index in [2.05, 4.69) is 45.2 Å². The van der Waals surface area contributed by atoms with Gasteiger partial charge in [-0.3, -0.25) is 9.78 Å². The predicted molar refractivity (Wildman–Crippen MR) is 88.7 cm³/mol. The fraction of sp³-hybridized carbons (Fsp3) is 0.294. The summed E-state index contributed by atoms with van der Waals surface area (Å²) in [4.78, 5) is 19.8. The molecule has 4 nitrogen and oxygen atoms in total. The highest BCUT2D eigenvalue weighted by molar-refractivity contribution is 9.10. The maximum atomic E-state index is 12.4. The highest BCUT2D eigenvalue weighted by Gasteiger charge is 2.24. The van der Waals surface area contributed by atoms with E-state index >= 15 is 0 Å². The lowest BCUT2D eigenvalue weighted by Crippen LogP contribution is -3.13. The van der Waals surface area contributed by atoms with Crippen molar-refractivity contribution in [1.82, 2.24) is 9.88 Å². The standard InChI is InChI=1S/C17H18BrN3O/c18-16-3-1-14(2-4-16)13-20-9-11-21(12-10-20)17(22)15-5-7-19-8-6-15/h1-8H,9-13H2/p+1. The van der Waals surface area contributed by atoms with E-state index in [0.717, 1.165) is 42.8 Å². The highest BCUT2D eigenvalue weighted by Crippen LogP contribution is 2.10. The number of pyridine rings is 1. The molecule has 1 N–H and O–H groups in total. The molecule has 1 amide bonds. The first-order chi connectivity index (χ1) is 10.7. The Kier molecular flexibility index (Phi) is 4.85. The largest absolute Gasteiger partial charge is 0.328 e. The molecule has 1 aromatic carbocycles. The number of halogens is 1. The van der Waals surface area contributed by atoms with Crippen molar-refractivity contribution in [3.05, 3.63) is 64.4 Å². The second kappa shape index (κ2) is 7.03. The van der Waals surface area contributed by atoms with E-state index in [-0.39, 0.29) is 5.91 Å². The van der Waals surface area contributed by atoms with Crippen molar-refractivity contribution in [3.8, 4) is 0 Å². The van der Waals surface area contributed by atoms with Crippen LogP contribution in [0.5, 0.6) is 0 Å². The zero-order valence-corrected chi connectivity index (χ0v) is 13.9. The fourth-order valence-electron chi connectivity index (χ4n) is 2.77. The fourth-order valence-corrected chi connectivity index (χ4v) is 3.04. The third kappa shape index (κ3) is 3.72. The van der Waals surface area contributed by atoms with Gasteiger partial charge in [-0.1, -0.05) is 28.1 Å². The van der Waals surface area contributed by atoms with E-state index in [1.54, 1.807) is 24.5 Å². The molecule has 0 spiro atoms. The first-order valence-electron chi connectivity index (χ1n) is 7.50. The Morgan fingerprint density at radius 3 is 2.36 bits per heavy atom. The van der Waals surface area contributed by atoms with Crippen molar-refractivity contribution in [2.24, 2.45) is 0 Å². The minimum absolute atomic E-state index is 0.116. The zero-order valence-electron chi connectivity index (χ0n) is 12.3. The molecule has 0 unspecified atom stereocenters. The van der Waals surface area contributed by atoms with E-state index in [9.17, 15) is 4.79 Å². The van der Waals surface area contributed by atoms with Crippen LogP contribution < -0.4 is 4.90 Å². The molecule has 114 valence electrons. The lowest BCUT2D eigenvalue weighted by atomic mass is 10.2. The van der Waals surface area contributed by atoms with Crippen LogP contribution in [0.25, 0.3) is 0 Å². The van der Waals surface area contributed by atoms with Gasteiger partial charge in [-0.25, -0.2) is 0 Å². The number of carbonyl (C=O) groups excluding carboxylic acids is 1. The number of nitrogens with one attached hydrogen (secondary N) is 1. The second-order valence-corrected chi connectivity index (χ2v) is 6.50. The summed E-state index contributed by atoms with van der Waals surface area (Å²) < 4.78 is 1.11. The van der Waals surface area contributed by atoms with E-state index < -0.39 is 0 Å². The van der Waals surface area contributed by atoms with Crippen LogP contribution in [-0.2, 0) is 6.54 Å². The molecule has 0 bridgehead atoms. The Hall–Kier alpha value is -1.72. The maximum Gasteiger partial charge on any atom is 0.254 e. The molecule has 3 rings (SSSR count). The Bertz CT molecular complexity index is 622. The Balaban J connectivity index is 1.54. The Morgan fingerprint density at radius 2 is 1.73 bits per heavy atom. The number of hydrogen-bond donors (Lipinski definition) is 1. The van der Waals surface area contributed by atoms with Crippen LogP contribution in [0.3, 0.4) is 0 Å². The van der Waals surface area contributed by atoms with E-state index in [1.807, 2.05) is 4.90 Å². The van der Waals surface area contributed by atoms with Gasteiger partial charge in [0.05, 0.1) is 26.2 Å². The number of benzene rings is 1. The van der Waals surface area contributed by atoms with Crippen molar-refractivity contribution < 1.29 is 9.69 Å². The van der Waals surface area contributed by atoms with Gasteiger partial charge in [-0.05, 0) is 24.3 Å². The molecule has 1 fully saturated rings. The summed E-state index contributed by atoms with van der Waals surface area (Å²) in [7, 11) is 0. The second-order valence-electron chi connectivity index (χ2n) is 5.58. The molecule has 0 saturated carbocycles. The van der Waals surface area contributed by atoms with Gasteiger partial charge in [0.15, 0.2) is 0 Å². The summed E-state index contributed by atoms with van der Waals surface area (Å²) in [6, 6.07) is 12.0. The first-order valence-corrected chi connectivity index (χ1v) is 8.29. The van der Waals surface area contributed by atoms with Crippen LogP contribution in [0.1, 0.15) is 15.9 Å². The monoisotopic (exact) mass is 360 g/mol. The summed E-state index contributed by atoms with van der Waals surface area (Å²) in [5.74, 6) is 0.116. The summed E-state index contributed by atoms with van der Waals surface area (Å²) in [6.45, 7) is 4.63. The molecule has 1 aliphatic rings. The van der Waals surface area contributed by atoms with Gasteiger partial charge in [0.25, 0.3) is 5.91 Å². The van der Waals surface area contributed by atoms with E-state index in [0.29, 0.717) is 0 Å². The number of aromatic nitrogens is 1. The Morgan fingerprint density at radius 1 is 1.09 bits per heavy atom. The average molecular weight is 361 g/mol. The van der Waals surface area contributed by atoms with Crippen LogP contribution in [0.2, 0.25) is 0 Å². The maximum absolute atomic E-state index is 12.4. The zero-order chi connectivity index (χ0) is 15.4. The normalized spacial score (nSPS) is 15.8. The summed E-state index contributed by atoms with van der Waals surface area (Å²) >= 11 is 3.46. The molecule has 1 aromatic heterocycles. The van der Waals surface area contributed by atoms with Gasteiger partial charge in [0.2, 0.25) is 0 Å². The van der Waals surface area contributed by atoms with Gasteiger partial charge in [-0.2, -0.15) is 0 Å². The number of quaternary nitrogens is 1. The van der Waals surface area contributed by atoms with Crippen molar-refractivity contribution in [2.45, 2.75) is 6.54 Å². The molecule has 0 atom stereocenters. The number of hydrogen-bond acceptors (Lipinski definition) is 2. The number of nitrogens with zero attached hydrogens (tertiary/aromatic N) is 2. The van der Waals surface area contributed by atoms with Gasteiger partial charge in [0, 0.05) is 28.0 Å². The first kappa shape index (κ1) is 15.2. The molecule has 0 radical (unpaired) electrons. The van der Waals surface area contributed by atoms with Gasteiger partial charge < -0.3 is 9.80 Å². The smallest absolute Gasteiger partial charge is 0.254 e. The molecule has 1 aliphatic heterocycles. The molecular formula is C17H19BrN3O+. The molecule has 5 heteroatoms. The quantitative estimate of drug-likeness (QED) is 0.897. The number of carbonyl (C=O) groups is 1. The average Bonchev–Trinajstić information content (AvgIpc) is 2.58. The van der Waals surface area contributed by atoms with Crippen LogP contribution in [0.4, 0.5) is 0 Å². The van der Waals surface area contributed by atoms with E-state index in [1.165, 1.54) is 10.5 Å². The minimum atomic E-state index is 0.116. The number of amides is 1. The SMILES string of the molecule is O=C(c1ccncc1)N1CC[NH+](Cc2ccc(Br)cc2)CC1. The van der Waals surface area contributed by atoms with Crippen LogP contribution in [-0.4, -0.2) is 42.0 Å². The Labute approximate surface area is 138 Å². The van der Waals surface area contributed by atoms with Crippen molar-refractivity contribution in [1.29, 1.82) is 0 Å². The lowest BCUT2D eigenvalue weighted by Gasteiger charge is -2.32. The molecular weight excluding hydrogens is 342 g/mol. The summed E-state index contributed by atoms with van der Waals surface area (Å²) in [5, 5.41) is 0. The van der Waals surface area contributed by atoms with Crippen molar-refractivity contribution in [3.63, 3.8) is 0 Å². The lowest BCUT2D eigenvalue weighted by molar-refractivity contribution is -0.917. The number of piperazine rings is 1. The van der Waals surface area contributed by atoms with Crippen molar-refractivity contribution >= 4 is 21.8 Å². The van der Waals surface area contributed by atoms with Gasteiger partial charge in [-0.15, -0.1) is 0 Å². The summed E-state index contributed by atoms with van der Waals surface area (Å²) in [5.41, 5.74) is 2.07. The van der Waals surface area contributed by atoms with Crippen LogP contribution in [0, 0.1) is 0 Å². The molecule has 2 aromatic rings. The third-order valence-corrected chi connectivity index (χ3v) is 4.58. The third-order valence-electron chi connectivity index (χ3n) is 4.05. The molecule has 0 aliphatic carbocycles. The van der Waals surface area contributed by atoms with Crippen molar-refractivity contribution in [2.75, 3.05) is 26.2 Å². The molecule has 1 saturated heterocycles. The minimum Gasteiger partial charge on any atom is -0.328 e. The van der Waals surface area contributed by atoms with Crippen LogP contribution >= 0.6 is 15.9 Å². The summed E-state index contributed by atoms with van der Waals surface area (Å²) in [6.07, 6.45) is 3.34. The topological polar surface area (TPSA) is 37.6 Å². The van der Waals surface area contributed by atoms with Crippen LogP contribution in [0.15, 0.2) is 53.3 Å². The predicted octanol–water partition coefficient (Wildman–Crippen LogP) is 1.39. The van der Waals surface area contributed by atoms with Gasteiger partial charge >= 0.3 is 0 Å². The molecule has 22 heavy (non-hydrogen) atoms. The highest BCUT2D eigenvalue weighted by atomic mass is 79.9. The van der Waals surface area contributed by atoms with E-state index in [4.69, 9.17) is 0 Å².